The molecule has 0 aliphatic rings. The van der Waals surface area contributed by atoms with Crippen LogP contribution in [0.25, 0.3) is 0 Å². The summed E-state index contributed by atoms with van der Waals surface area (Å²) in [7, 11) is -4.00. The number of halogens is 2. The second-order valence-electron chi connectivity index (χ2n) is 5.31. The second-order valence-corrected chi connectivity index (χ2v) is 7.40. The molecular weight excluding hydrogens is 379 g/mol. The number of hydrogen-bond donors (Lipinski definition) is 1. The van der Waals surface area contributed by atoms with Gasteiger partial charge in [0.2, 0.25) is 0 Å². The summed E-state index contributed by atoms with van der Waals surface area (Å²) in [4.78, 5) is 3.84. The van der Waals surface area contributed by atoms with Crippen LogP contribution < -0.4 is 9.46 Å². The molecule has 0 unspecified atom stereocenters. The first-order valence-corrected chi connectivity index (χ1v) is 9.41. The van der Waals surface area contributed by atoms with Crippen molar-refractivity contribution in [2.75, 3.05) is 4.72 Å². The minimum absolute atomic E-state index is 0.0314. The van der Waals surface area contributed by atoms with Gasteiger partial charge in [0.05, 0.1) is 9.92 Å². The molecule has 1 heterocycles. The van der Waals surface area contributed by atoms with E-state index in [1.54, 1.807) is 12.1 Å². The van der Waals surface area contributed by atoms with Crippen molar-refractivity contribution < 1.29 is 17.5 Å². The molecule has 26 heavy (non-hydrogen) atoms. The topological polar surface area (TPSA) is 68.3 Å². The summed E-state index contributed by atoms with van der Waals surface area (Å²) in [6, 6.07) is 15.8. The molecule has 134 valence electrons. The molecule has 1 aromatic heterocycles. The van der Waals surface area contributed by atoms with Crippen molar-refractivity contribution in [2.45, 2.75) is 11.5 Å². The number of aromatic nitrogens is 1. The first-order valence-electron chi connectivity index (χ1n) is 7.55. The number of hydrogen-bond acceptors (Lipinski definition) is 4. The largest absolute Gasteiger partial charge is 0.485 e. The number of ether oxygens (including phenoxy) is 1. The van der Waals surface area contributed by atoms with E-state index in [1.165, 1.54) is 6.20 Å². The molecule has 0 saturated carbocycles. The van der Waals surface area contributed by atoms with Crippen LogP contribution in [0, 0.1) is 5.82 Å². The van der Waals surface area contributed by atoms with E-state index in [0.29, 0.717) is 0 Å². The molecule has 0 aliphatic heterocycles. The second kappa shape index (κ2) is 7.72. The predicted molar refractivity (Wildman–Crippen MR) is 97.2 cm³/mol. The first-order chi connectivity index (χ1) is 12.5. The van der Waals surface area contributed by atoms with Gasteiger partial charge in [-0.2, -0.15) is 0 Å². The van der Waals surface area contributed by atoms with Crippen molar-refractivity contribution in [3.63, 3.8) is 0 Å². The molecule has 3 aromatic rings. The van der Waals surface area contributed by atoms with Crippen LogP contribution in [-0.4, -0.2) is 13.4 Å². The lowest BCUT2D eigenvalue weighted by atomic mass is 10.2. The Kier molecular flexibility index (Phi) is 5.39. The highest BCUT2D eigenvalue weighted by molar-refractivity contribution is 7.92. The zero-order chi connectivity index (χ0) is 18.6. The number of rotatable bonds is 6. The van der Waals surface area contributed by atoms with Gasteiger partial charge in [-0.05, 0) is 35.9 Å². The molecule has 1 N–H and O–H groups in total. The lowest BCUT2D eigenvalue weighted by Crippen LogP contribution is -2.15. The Bertz CT molecular complexity index is 1010. The van der Waals surface area contributed by atoms with Gasteiger partial charge in [-0.1, -0.05) is 41.9 Å². The Hall–Kier alpha value is -2.64. The van der Waals surface area contributed by atoms with Crippen molar-refractivity contribution in [3.8, 4) is 5.75 Å². The summed E-state index contributed by atoms with van der Waals surface area (Å²) >= 11 is 5.66. The minimum atomic E-state index is -4.00. The fourth-order valence-corrected chi connectivity index (χ4v) is 3.44. The molecule has 0 atom stereocenters. The fraction of sp³-hybridized carbons (Fsp3) is 0.0556. The number of sulfonamides is 1. The van der Waals surface area contributed by atoms with E-state index in [1.807, 2.05) is 30.3 Å². The Balaban J connectivity index is 1.82. The molecular formula is C18H14ClFN2O3S. The summed E-state index contributed by atoms with van der Waals surface area (Å²) in [5.74, 6) is -0.396. The van der Waals surface area contributed by atoms with Crippen LogP contribution >= 0.6 is 11.6 Å². The van der Waals surface area contributed by atoms with Gasteiger partial charge in [-0.3, -0.25) is 4.72 Å². The molecule has 8 heteroatoms. The van der Waals surface area contributed by atoms with Crippen LogP contribution in [0.5, 0.6) is 5.75 Å². The fourth-order valence-electron chi connectivity index (χ4n) is 2.15. The van der Waals surface area contributed by atoms with E-state index in [4.69, 9.17) is 16.3 Å². The van der Waals surface area contributed by atoms with Crippen molar-refractivity contribution in [1.82, 2.24) is 4.98 Å². The van der Waals surface area contributed by atoms with Crippen LogP contribution in [0.3, 0.4) is 0 Å². The highest BCUT2D eigenvalue weighted by atomic mass is 35.5. The smallest absolute Gasteiger partial charge is 0.263 e. The standard InChI is InChI=1S/C18H14ClFN2O3S/c19-15-11-14(8-9-16(15)20)26(23,24)22-18-17(7-4-10-21-18)25-12-13-5-2-1-3-6-13/h1-11H,12H2,(H,21,22). The van der Waals surface area contributed by atoms with Gasteiger partial charge in [0, 0.05) is 6.20 Å². The highest BCUT2D eigenvalue weighted by Gasteiger charge is 2.19. The van der Waals surface area contributed by atoms with Gasteiger partial charge in [0.1, 0.15) is 12.4 Å². The lowest BCUT2D eigenvalue weighted by molar-refractivity contribution is 0.307. The summed E-state index contributed by atoms with van der Waals surface area (Å²) < 4.78 is 46.3. The molecule has 0 amide bonds. The first kappa shape index (κ1) is 18.2. The average molecular weight is 393 g/mol. The summed E-state index contributed by atoms with van der Waals surface area (Å²) in [6.45, 7) is 0.254. The van der Waals surface area contributed by atoms with Gasteiger partial charge in [0.25, 0.3) is 10.0 Å². The monoisotopic (exact) mass is 392 g/mol. The zero-order valence-electron chi connectivity index (χ0n) is 13.4. The van der Waals surface area contributed by atoms with Gasteiger partial charge in [0.15, 0.2) is 11.6 Å². The maximum Gasteiger partial charge on any atom is 0.263 e. The number of nitrogens with zero attached hydrogens (tertiary/aromatic N) is 1. The van der Waals surface area contributed by atoms with Gasteiger partial charge < -0.3 is 4.74 Å². The molecule has 0 radical (unpaired) electrons. The summed E-state index contributed by atoms with van der Waals surface area (Å²) in [5.41, 5.74) is 0.926. The molecule has 0 spiro atoms. The normalized spacial score (nSPS) is 11.2. The highest BCUT2D eigenvalue weighted by Crippen LogP contribution is 2.26. The number of nitrogens with one attached hydrogen (secondary N) is 1. The van der Waals surface area contributed by atoms with Crippen LogP contribution in [0.1, 0.15) is 5.56 Å². The van der Waals surface area contributed by atoms with Crippen LogP contribution in [0.4, 0.5) is 10.2 Å². The maximum absolute atomic E-state index is 13.3. The van der Waals surface area contributed by atoms with Crippen LogP contribution in [-0.2, 0) is 16.6 Å². The van der Waals surface area contributed by atoms with E-state index in [0.717, 1.165) is 23.8 Å². The van der Waals surface area contributed by atoms with Gasteiger partial charge in [-0.25, -0.2) is 17.8 Å². The third-order valence-corrected chi connectivity index (χ3v) is 5.07. The molecule has 0 saturated heterocycles. The van der Waals surface area contributed by atoms with Crippen molar-refractivity contribution in [3.05, 3.63) is 83.3 Å². The van der Waals surface area contributed by atoms with E-state index in [9.17, 15) is 12.8 Å². The molecule has 0 aliphatic carbocycles. The van der Waals surface area contributed by atoms with Gasteiger partial charge >= 0.3 is 0 Å². The third kappa shape index (κ3) is 4.30. The Morgan fingerprint density at radius 1 is 1.08 bits per heavy atom. The Morgan fingerprint density at radius 2 is 1.85 bits per heavy atom. The SMILES string of the molecule is O=S(=O)(Nc1ncccc1OCc1ccccc1)c1ccc(F)c(Cl)c1. The number of pyridine rings is 1. The summed E-state index contributed by atoms with van der Waals surface area (Å²) in [5, 5.41) is -0.283. The van der Waals surface area contributed by atoms with E-state index >= 15 is 0 Å². The number of benzene rings is 2. The lowest BCUT2D eigenvalue weighted by Gasteiger charge is -2.13. The number of anilines is 1. The Labute approximate surface area is 155 Å². The van der Waals surface area contributed by atoms with E-state index in [2.05, 4.69) is 9.71 Å². The van der Waals surface area contributed by atoms with Crippen molar-refractivity contribution in [1.29, 1.82) is 0 Å². The predicted octanol–water partition coefficient (Wildman–Crippen LogP) is 4.25. The third-order valence-electron chi connectivity index (χ3n) is 3.44. The van der Waals surface area contributed by atoms with Crippen molar-refractivity contribution >= 4 is 27.4 Å². The quantitative estimate of drug-likeness (QED) is 0.680. The average Bonchev–Trinajstić information content (AvgIpc) is 2.64. The van der Waals surface area contributed by atoms with Crippen LogP contribution in [0.15, 0.2) is 71.8 Å². The van der Waals surface area contributed by atoms with Crippen molar-refractivity contribution in [2.24, 2.45) is 0 Å². The Morgan fingerprint density at radius 3 is 2.58 bits per heavy atom. The van der Waals surface area contributed by atoms with E-state index in [-0.39, 0.29) is 28.1 Å². The van der Waals surface area contributed by atoms with Crippen LogP contribution in [0.2, 0.25) is 5.02 Å². The summed E-state index contributed by atoms with van der Waals surface area (Å²) in [6.07, 6.45) is 1.44. The maximum atomic E-state index is 13.3. The molecule has 5 nitrogen and oxygen atoms in total. The van der Waals surface area contributed by atoms with E-state index < -0.39 is 15.8 Å². The molecule has 3 rings (SSSR count). The zero-order valence-corrected chi connectivity index (χ0v) is 15.0. The molecule has 0 bridgehead atoms. The minimum Gasteiger partial charge on any atom is -0.485 e. The molecule has 0 fully saturated rings. The molecule has 2 aromatic carbocycles. The van der Waals surface area contributed by atoms with Gasteiger partial charge in [-0.15, -0.1) is 0 Å².